The van der Waals surface area contributed by atoms with E-state index in [4.69, 9.17) is 13.9 Å². The van der Waals surface area contributed by atoms with Gasteiger partial charge in [-0.2, -0.15) is 0 Å². The van der Waals surface area contributed by atoms with Gasteiger partial charge in [0.15, 0.2) is 14.1 Å². The van der Waals surface area contributed by atoms with Gasteiger partial charge in [0.1, 0.15) is 0 Å². The van der Waals surface area contributed by atoms with Gasteiger partial charge in [0.2, 0.25) is 0 Å². The van der Waals surface area contributed by atoms with Gasteiger partial charge in [-0.3, -0.25) is 0 Å². The third-order valence-corrected chi connectivity index (χ3v) is 16.9. The quantitative estimate of drug-likeness (QED) is 0.269. The molecule has 0 aromatic rings. The summed E-state index contributed by atoms with van der Waals surface area (Å²) >= 11 is 0. The van der Waals surface area contributed by atoms with Crippen molar-refractivity contribution in [1.82, 2.24) is 0 Å². The summed E-state index contributed by atoms with van der Waals surface area (Å²) in [5.41, 5.74) is 2.27. The lowest BCUT2D eigenvalue weighted by Gasteiger charge is -2.63. The summed E-state index contributed by atoms with van der Waals surface area (Å²) in [6.07, 6.45) is 15.5. The monoisotopic (exact) mass is 528 g/mol. The minimum absolute atomic E-state index is 0.187. The molecule has 4 aliphatic carbocycles. The first-order chi connectivity index (χ1) is 17.0. The van der Waals surface area contributed by atoms with Crippen molar-refractivity contribution in [1.29, 1.82) is 0 Å². The van der Waals surface area contributed by atoms with Gasteiger partial charge >= 0.3 is 0 Å². The number of ether oxygens (including phenoxy) is 2. The van der Waals surface area contributed by atoms with E-state index in [2.05, 4.69) is 93.6 Å². The fourth-order valence-corrected chi connectivity index (χ4v) is 11.0. The molecule has 0 amide bonds. The van der Waals surface area contributed by atoms with Crippen LogP contribution in [-0.4, -0.2) is 32.4 Å². The van der Waals surface area contributed by atoms with Crippen LogP contribution in [0.2, 0.25) is 18.1 Å². The molecule has 10 atom stereocenters. The fourth-order valence-electron chi connectivity index (χ4n) is 9.55. The largest absolute Gasteiger partial charge is 0.414 e. The maximum atomic E-state index is 7.05. The molecular formula is C33H56O3Si. The zero-order valence-electron chi connectivity index (χ0n) is 25.8. The number of allylic oxidation sites excluding steroid dienone is 4. The van der Waals surface area contributed by atoms with Crippen LogP contribution in [0.15, 0.2) is 23.8 Å². The number of hydrogen-bond donors (Lipinski definition) is 0. The van der Waals surface area contributed by atoms with Gasteiger partial charge in [-0.05, 0) is 118 Å². The smallest absolute Gasteiger partial charge is 0.192 e. The zero-order valence-corrected chi connectivity index (χ0v) is 26.8. The molecule has 0 bridgehead atoms. The highest BCUT2D eigenvalue weighted by atomic mass is 28.4. The number of rotatable bonds is 4. The van der Waals surface area contributed by atoms with Crippen molar-refractivity contribution < 1.29 is 13.9 Å². The van der Waals surface area contributed by atoms with Crippen LogP contribution in [-0.2, 0) is 13.9 Å². The van der Waals surface area contributed by atoms with E-state index >= 15 is 0 Å². The average Bonchev–Trinajstić information content (AvgIpc) is 3.29. The van der Waals surface area contributed by atoms with Gasteiger partial charge in [0.05, 0.1) is 12.2 Å². The summed E-state index contributed by atoms with van der Waals surface area (Å²) in [6, 6.07) is 0. The lowest BCUT2D eigenvalue weighted by atomic mass is 9.43. The summed E-state index contributed by atoms with van der Waals surface area (Å²) in [7, 11) is -1.81. The molecule has 1 aliphatic heterocycles. The Morgan fingerprint density at radius 3 is 2.32 bits per heavy atom. The normalized spacial score (nSPS) is 46.1. The van der Waals surface area contributed by atoms with Crippen molar-refractivity contribution in [2.45, 2.75) is 143 Å². The molecule has 0 N–H and O–H groups in total. The van der Waals surface area contributed by atoms with Gasteiger partial charge in [0.25, 0.3) is 0 Å². The molecule has 5 rings (SSSR count). The van der Waals surface area contributed by atoms with Crippen LogP contribution in [0.3, 0.4) is 0 Å². The molecule has 1 heterocycles. The standard InChI is InChI=1S/C33H56O3Si/c1-12-13-21(2)23-14-15-24-27-25(17-19-32(23,24)8)33(9)18-16-22(36-37(10,11)30(3,4)5)20-26(33)28-29(27)35-31(6,7)34-28/h12-14,21-22,24-29H,15-20H2,1-11H3/b13-12+/t21-,22-,24?,25?,26?,27?,28-,29-,32-,33-/m1/s1. The molecule has 0 radical (unpaired) electrons. The van der Waals surface area contributed by atoms with Crippen molar-refractivity contribution >= 4 is 8.32 Å². The predicted octanol–water partition coefficient (Wildman–Crippen LogP) is 8.91. The predicted molar refractivity (Wildman–Crippen MR) is 156 cm³/mol. The van der Waals surface area contributed by atoms with Gasteiger partial charge in [-0.25, -0.2) is 0 Å². The van der Waals surface area contributed by atoms with Crippen LogP contribution in [0.5, 0.6) is 0 Å². The molecule has 1 saturated heterocycles. The van der Waals surface area contributed by atoms with Crippen LogP contribution < -0.4 is 0 Å². The highest BCUT2D eigenvalue weighted by Crippen LogP contribution is 2.69. The lowest BCUT2D eigenvalue weighted by Crippen LogP contribution is -2.63. The van der Waals surface area contributed by atoms with E-state index in [1.807, 2.05) is 0 Å². The molecule has 0 aromatic heterocycles. The molecule has 0 aromatic carbocycles. The van der Waals surface area contributed by atoms with E-state index in [9.17, 15) is 0 Å². The highest BCUT2D eigenvalue weighted by Gasteiger charge is 2.68. The van der Waals surface area contributed by atoms with Crippen molar-refractivity contribution in [3.8, 4) is 0 Å². The van der Waals surface area contributed by atoms with E-state index < -0.39 is 14.1 Å². The summed E-state index contributed by atoms with van der Waals surface area (Å²) in [5, 5.41) is 0.244. The Balaban J connectivity index is 1.46. The van der Waals surface area contributed by atoms with Gasteiger partial charge in [-0.1, -0.05) is 65.3 Å². The van der Waals surface area contributed by atoms with E-state index in [1.54, 1.807) is 5.57 Å². The highest BCUT2D eigenvalue weighted by molar-refractivity contribution is 6.74. The van der Waals surface area contributed by atoms with Crippen LogP contribution in [0.4, 0.5) is 0 Å². The van der Waals surface area contributed by atoms with Crippen LogP contribution in [0, 0.1) is 40.4 Å². The third kappa shape index (κ3) is 4.39. The average molecular weight is 529 g/mol. The molecule has 0 spiro atoms. The van der Waals surface area contributed by atoms with E-state index in [0.717, 1.165) is 6.42 Å². The van der Waals surface area contributed by atoms with Crippen molar-refractivity contribution in [2.24, 2.45) is 40.4 Å². The maximum Gasteiger partial charge on any atom is 0.192 e. The molecule has 3 nitrogen and oxygen atoms in total. The van der Waals surface area contributed by atoms with Crippen LogP contribution in [0.25, 0.3) is 0 Å². The second kappa shape index (κ2) is 9.04. The zero-order chi connectivity index (χ0) is 27.2. The van der Waals surface area contributed by atoms with Gasteiger partial charge in [-0.15, -0.1) is 0 Å². The molecule has 3 saturated carbocycles. The maximum absolute atomic E-state index is 7.05. The lowest BCUT2D eigenvalue weighted by molar-refractivity contribution is -0.182. The Bertz CT molecular complexity index is 944. The Labute approximate surface area is 229 Å². The second-order valence-corrected chi connectivity index (χ2v) is 20.7. The van der Waals surface area contributed by atoms with Crippen molar-refractivity contribution in [2.75, 3.05) is 0 Å². The number of hydrogen-bond acceptors (Lipinski definition) is 3. The topological polar surface area (TPSA) is 27.7 Å². The van der Waals surface area contributed by atoms with Crippen LogP contribution >= 0.6 is 0 Å². The summed E-state index contributed by atoms with van der Waals surface area (Å²) in [6.45, 7) is 26.0. The van der Waals surface area contributed by atoms with E-state index in [-0.39, 0.29) is 22.7 Å². The Hall–Kier alpha value is -0.423. The summed E-state index contributed by atoms with van der Waals surface area (Å²) in [5.74, 6) is 2.50. The molecule has 4 heteroatoms. The molecule has 4 unspecified atom stereocenters. The van der Waals surface area contributed by atoms with Crippen molar-refractivity contribution in [3.05, 3.63) is 23.8 Å². The Morgan fingerprint density at radius 2 is 1.68 bits per heavy atom. The first-order valence-corrected chi connectivity index (χ1v) is 18.3. The minimum Gasteiger partial charge on any atom is -0.414 e. The molecular weight excluding hydrogens is 472 g/mol. The second-order valence-electron chi connectivity index (χ2n) is 15.9. The first kappa shape index (κ1) is 28.1. The molecule has 4 fully saturated rings. The van der Waals surface area contributed by atoms with Gasteiger partial charge < -0.3 is 13.9 Å². The van der Waals surface area contributed by atoms with Crippen LogP contribution in [0.1, 0.15) is 101 Å². The summed E-state index contributed by atoms with van der Waals surface area (Å²) in [4.78, 5) is 0. The third-order valence-electron chi connectivity index (χ3n) is 12.4. The number of fused-ring (bicyclic) bond motifs is 8. The molecule has 5 aliphatic rings. The minimum atomic E-state index is -1.81. The Morgan fingerprint density at radius 1 is 1.00 bits per heavy atom. The molecule has 210 valence electrons. The van der Waals surface area contributed by atoms with Gasteiger partial charge in [0, 0.05) is 6.10 Å². The molecule has 37 heavy (non-hydrogen) atoms. The fraction of sp³-hybridized carbons (Fsp3) is 0.879. The van der Waals surface area contributed by atoms with E-state index in [0.29, 0.717) is 41.1 Å². The SMILES string of the molecule is C/C=C/[C@@H](C)C1=CCC2C3C(CC[C@]12C)[C@@]1(C)CC[C@@H](O[Si](C)(C)C(C)(C)C)CC1[C@H]1OC(C)(C)O[C@H]31. The first-order valence-electron chi connectivity index (χ1n) is 15.4. The summed E-state index contributed by atoms with van der Waals surface area (Å²) < 4.78 is 20.8. The van der Waals surface area contributed by atoms with Crippen molar-refractivity contribution in [3.63, 3.8) is 0 Å². The van der Waals surface area contributed by atoms with E-state index in [1.165, 1.54) is 32.1 Å². The Kier molecular flexibility index (Phi) is 6.87.